The minimum Gasteiger partial charge on any atom is -0.366 e. The fourth-order valence-electron chi connectivity index (χ4n) is 5.06. The molecule has 0 unspecified atom stereocenters. The minimum absolute atomic E-state index is 0.425. The Hall–Kier alpha value is -4.20. The van der Waals surface area contributed by atoms with Crippen LogP contribution in [0.1, 0.15) is 21.5 Å². The summed E-state index contributed by atoms with van der Waals surface area (Å²) in [6, 6.07) is 26.6. The quantitative estimate of drug-likeness (QED) is 0.353. The lowest BCUT2D eigenvalue weighted by Gasteiger charge is -2.34. The molecular formula is C30H30N6O. The third-order valence-corrected chi connectivity index (χ3v) is 7.09. The van der Waals surface area contributed by atoms with E-state index in [1.54, 1.807) is 6.07 Å². The Kier molecular flexibility index (Phi) is 6.30. The number of imidazole rings is 1. The van der Waals surface area contributed by atoms with E-state index in [2.05, 4.69) is 85.3 Å². The van der Waals surface area contributed by atoms with Gasteiger partial charge in [-0.15, -0.1) is 0 Å². The predicted octanol–water partition coefficient (Wildman–Crippen LogP) is 4.44. The van der Waals surface area contributed by atoms with Gasteiger partial charge in [0.15, 0.2) is 0 Å². The number of nitrogens with two attached hydrogens (primary N) is 1. The number of carbonyl (C=O) groups is 1. The molecule has 7 nitrogen and oxygen atoms in total. The maximum absolute atomic E-state index is 11.7. The molecule has 3 heterocycles. The second-order valence-corrected chi connectivity index (χ2v) is 9.66. The van der Waals surface area contributed by atoms with E-state index < -0.39 is 5.91 Å². The van der Waals surface area contributed by atoms with E-state index in [1.807, 2.05) is 24.3 Å². The fraction of sp³-hybridized carbons (Fsp3) is 0.200. The highest BCUT2D eigenvalue weighted by Gasteiger charge is 2.17. The van der Waals surface area contributed by atoms with Gasteiger partial charge in [0.1, 0.15) is 11.3 Å². The topological polar surface area (TPSA) is 83.2 Å². The molecule has 1 fully saturated rings. The largest absolute Gasteiger partial charge is 0.366 e. The first-order valence-electron chi connectivity index (χ1n) is 12.7. The first kappa shape index (κ1) is 23.2. The molecule has 186 valence electrons. The molecule has 7 heteroatoms. The number of aromatic amines is 1. The van der Waals surface area contributed by atoms with Crippen molar-refractivity contribution in [3.8, 4) is 17.1 Å². The van der Waals surface area contributed by atoms with Crippen molar-refractivity contribution in [3.63, 3.8) is 0 Å². The Labute approximate surface area is 216 Å². The number of primary amides is 1. The summed E-state index contributed by atoms with van der Waals surface area (Å²) in [5.41, 5.74) is 12.1. The van der Waals surface area contributed by atoms with Crippen LogP contribution in [0.15, 0.2) is 91.3 Å². The van der Waals surface area contributed by atoms with E-state index in [0.717, 1.165) is 61.9 Å². The van der Waals surface area contributed by atoms with Gasteiger partial charge in [-0.1, -0.05) is 36.4 Å². The number of nitrogens with zero attached hydrogens (tertiary/aromatic N) is 4. The maximum Gasteiger partial charge on any atom is 0.250 e. The molecule has 6 rings (SSSR count). The van der Waals surface area contributed by atoms with Crippen LogP contribution in [0.3, 0.4) is 0 Å². The van der Waals surface area contributed by atoms with Crippen LogP contribution in [0.5, 0.6) is 0 Å². The van der Waals surface area contributed by atoms with Crippen LogP contribution in [0.25, 0.3) is 28.1 Å². The number of hydrogen-bond acceptors (Lipinski definition) is 4. The number of piperazine rings is 1. The van der Waals surface area contributed by atoms with Gasteiger partial charge in [-0.25, -0.2) is 4.98 Å². The number of nitrogens with one attached hydrogen (secondary N) is 1. The molecule has 5 aromatic rings. The molecule has 3 aromatic carbocycles. The van der Waals surface area contributed by atoms with Crippen molar-refractivity contribution in [1.29, 1.82) is 0 Å². The SMILES string of the molecule is NC(=O)c1cccc2[nH]c(-c3ccc(-n4ccc(CN5CCN(Cc6ccccc6)CC5)c4)cc3)nc12. The summed E-state index contributed by atoms with van der Waals surface area (Å²) in [4.78, 5) is 24.7. The molecular weight excluding hydrogens is 460 g/mol. The highest BCUT2D eigenvalue weighted by atomic mass is 16.1. The summed E-state index contributed by atoms with van der Waals surface area (Å²) in [5, 5.41) is 0. The van der Waals surface area contributed by atoms with Gasteiger partial charge >= 0.3 is 0 Å². The van der Waals surface area contributed by atoms with Gasteiger partial charge < -0.3 is 15.3 Å². The third-order valence-electron chi connectivity index (χ3n) is 7.09. The van der Waals surface area contributed by atoms with Gasteiger partial charge in [-0.3, -0.25) is 14.6 Å². The monoisotopic (exact) mass is 490 g/mol. The van der Waals surface area contributed by atoms with Crippen LogP contribution in [-0.2, 0) is 13.1 Å². The van der Waals surface area contributed by atoms with E-state index in [-0.39, 0.29) is 0 Å². The summed E-state index contributed by atoms with van der Waals surface area (Å²) in [6.07, 6.45) is 4.34. The van der Waals surface area contributed by atoms with E-state index in [0.29, 0.717) is 11.1 Å². The average Bonchev–Trinajstić information content (AvgIpc) is 3.58. The standard InChI is InChI=1S/C30H30N6O/c31-29(37)26-7-4-8-27-28(26)33-30(32-27)24-9-11-25(12-10-24)36-14-13-23(21-36)20-35-17-15-34(16-18-35)19-22-5-2-1-3-6-22/h1-14,21H,15-20H2,(H2,31,37)(H,32,33). The number of aromatic nitrogens is 3. The first-order valence-corrected chi connectivity index (χ1v) is 12.7. The molecule has 2 aromatic heterocycles. The highest BCUT2D eigenvalue weighted by Crippen LogP contribution is 2.24. The Morgan fingerprint density at radius 3 is 2.22 bits per heavy atom. The highest BCUT2D eigenvalue weighted by molar-refractivity contribution is 6.04. The van der Waals surface area contributed by atoms with Crippen LogP contribution in [0.2, 0.25) is 0 Å². The lowest BCUT2D eigenvalue weighted by molar-refractivity contribution is 0.100. The van der Waals surface area contributed by atoms with Crippen molar-refractivity contribution in [2.24, 2.45) is 5.73 Å². The molecule has 0 saturated carbocycles. The van der Waals surface area contributed by atoms with Crippen molar-refractivity contribution in [2.75, 3.05) is 26.2 Å². The van der Waals surface area contributed by atoms with Crippen LogP contribution >= 0.6 is 0 Å². The number of H-pyrrole nitrogens is 1. The number of rotatable bonds is 7. The summed E-state index contributed by atoms with van der Waals surface area (Å²) in [7, 11) is 0. The molecule has 0 radical (unpaired) electrons. The molecule has 1 saturated heterocycles. The number of amides is 1. The number of fused-ring (bicyclic) bond motifs is 1. The molecule has 37 heavy (non-hydrogen) atoms. The van der Waals surface area contributed by atoms with Crippen molar-refractivity contribution in [1.82, 2.24) is 24.3 Å². The number of carbonyl (C=O) groups excluding carboxylic acids is 1. The van der Waals surface area contributed by atoms with Crippen LogP contribution in [0.4, 0.5) is 0 Å². The molecule has 0 aliphatic carbocycles. The molecule has 0 spiro atoms. The Morgan fingerprint density at radius 2 is 1.51 bits per heavy atom. The van der Waals surface area contributed by atoms with Gasteiger partial charge in [0.25, 0.3) is 5.91 Å². The first-order chi connectivity index (χ1) is 18.1. The van der Waals surface area contributed by atoms with Crippen LogP contribution in [-0.4, -0.2) is 56.4 Å². The predicted molar refractivity (Wildman–Crippen MR) is 146 cm³/mol. The molecule has 0 bridgehead atoms. The van der Waals surface area contributed by atoms with E-state index in [9.17, 15) is 4.79 Å². The molecule has 0 atom stereocenters. The Morgan fingerprint density at radius 1 is 0.811 bits per heavy atom. The molecule has 1 aliphatic heterocycles. The normalized spacial score (nSPS) is 14.8. The van der Waals surface area contributed by atoms with Crippen molar-refractivity contribution < 1.29 is 4.79 Å². The Balaban J connectivity index is 1.09. The van der Waals surface area contributed by atoms with Crippen LogP contribution in [0, 0.1) is 0 Å². The van der Waals surface area contributed by atoms with E-state index >= 15 is 0 Å². The molecule has 3 N–H and O–H groups in total. The van der Waals surface area contributed by atoms with Gasteiger partial charge in [0.05, 0.1) is 11.1 Å². The summed E-state index contributed by atoms with van der Waals surface area (Å²) in [5.74, 6) is 0.242. The summed E-state index contributed by atoms with van der Waals surface area (Å²) >= 11 is 0. The lowest BCUT2D eigenvalue weighted by Crippen LogP contribution is -2.45. The lowest BCUT2D eigenvalue weighted by atomic mass is 10.2. The van der Waals surface area contributed by atoms with Gasteiger partial charge in [0.2, 0.25) is 0 Å². The van der Waals surface area contributed by atoms with Crippen molar-refractivity contribution >= 4 is 16.9 Å². The zero-order valence-electron chi connectivity index (χ0n) is 20.7. The fourth-order valence-corrected chi connectivity index (χ4v) is 5.06. The van der Waals surface area contributed by atoms with E-state index in [4.69, 9.17) is 5.73 Å². The summed E-state index contributed by atoms with van der Waals surface area (Å²) < 4.78 is 2.16. The van der Waals surface area contributed by atoms with Crippen LogP contribution < -0.4 is 5.73 Å². The molecule has 1 amide bonds. The second-order valence-electron chi connectivity index (χ2n) is 9.66. The smallest absolute Gasteiger partial charge is 0.250 e. The zero-order valence-corrected chi connectivity index (χ0v) is 20.7. The second kappa shape index (κ2) is 10.0. The maximum atomic E-state index is 11.7. The van der Waals surface area contributed by atoms with Gasteiger partial charge in [0, 0.05) is 62.9 Å². The summed E-state index contributed by atoms with van der Waals surface area (Å²) in [6.45, 7) is 6.36. The Bertz CT molecular complexity index is 1510. The van der Waals surface area contributed by atoms with Crippen molar-refractivity contribution in [3.05, 3.63) is 108 Å². The van der Waals surface area contributed by atoms with Gasteiger partial charge in [-0.05, 0) is 53.6 Å². The average molecular weight is 491 g/mol. The number of hydrogen-bond donors (Lipinski definition) is 2. The zero-order chi connectivity index (χ0) is 25.2. The molecule has 1 aliphatic rings. The third kappa shape index (κ3) is 5.05. The number of benzene rings is 3. The number of para-hydroxylation sites is 1. The van der Waals surface area contributed by atoms with Gasteiger partial charge in [-0.2, -0.15) is 0 Å². The minimum atomic E-state index is -0.475. The van der Waals surface area contributed by atoms with E-state index in [1.165, 1.54) is 11.1 Å². The van der Waals surface area contributed by atoms with Crippen molar-refractivity contribution in [2.45, 2.75) is 13.1 Å².